The quantitative estimate of drug-likeness (QED) is 0.796. The minimum atomic E-state index is -3.67. The average Bonchev–Trinajstić information content (AvgIpc) is 2.97. The molecule has 0 aliphatic heterocycles. The Morgan fingerprint density at radius 1 is 1.17 bits per heavy atom. The third-order valence-electron chi connectivity index (χ3n) is 3.15. The van der Waals surface area contributed by atoms with Gasteiger partial charge in [0.25, 0.3) is 0 Å². The van der Waals surface area contributed by atoms with Gasteiger partial charge in [0.15, 0.2) is 0 Å². The van der Waals surface area contributed by atoms with Gasteiger partial charge in [0.2, 0.25) is 10.0 Å². The number of thiophene rings is 1. The first-order valence-corrected chi connectivity index (χ1v) is 9.18. The summed E-state index contributed by atoms with van der Waals surface area (Å²) in [5, 5.41) is 8.56. The van der Waals surface area contributed by atoms with E-state index < -0.39 is 16.0 Å². The second kappa shape index (κ2) is 7.12. The number of carboxylic acids is 1. The van der Waals surface area contributed by atoms with Crippen molar-refractivity contribution in [1.82, 2.24) is 4.72 Å². The highest BCUT2D eigenvalue weighted by Crippen LogP contribution is 2.31. The number of anilines is 1. The summed E-state index contributed by atoms with van der Waals surface area (Å²) < 4.78 is 26.7. The summed E-state index contributed by atoms with van der Waals surface area (Å²) in [6.07, 6.45) is -0.247. The maximum atomic E-state index is 12.1. The van der Waals surface area contributed by atoms with E-state index in [9.17, 15) is 13.2 Å². The number of hydrogen-bond donors (Lipinski definition) is 2. The van der Waals surface area contributed by atoms with Gasteiger partial charge in [-0.2, -0.15) is 0 Å². The van der Waals surface area contributed by atoms with Crippen LogP contribution in [0.2, 0.25) is 0 Å². The maximum Gasteiger partial charge on any atom is 0.304 e. The number of sulfonamides is 1. The standard InChI is InChI=1S/C15H18N2O4S2/c1-17(2)12-5-3-11(4-6-12)13-7-8-15(22-13)23(20,21)16-10-9-14(18)19/h3-8,16H,9-10H2,1-2H3,(H,18,19). The molecule has 6 nitrogen and oxygen atoms in total. The summed E-state index contributed by atoms with van der Waals surface area (Å²) in [6, 6.07) is 11.1. The molecule has 0 radical (unpaired) electrons. The molecule has 1 heterocycles. The number of carboxylic acid groups (broad SMARTS) is 1. The highest BCUT2D eigenvalue weighted by molar-refractivity contribution is 7.91. The normalized spacial score (nSPS) is 11.4. The summed E-state index contributed by atoms with van der Waals surface area (Å²) in [4.78, 5) is 13.3. The van der Waals surface area contributed by atoms with Gasteiger partial charge in [0, 0.05) is 31.2 Å². The molecule has 0 bridgehead atoms. The Balaban J connectivity index is 2.14. The molecule has 0 aliphatic rings. The lowest BCUT2D eigenvalue weighted by molar-refractivity contribution is -0.136. The SMILES string of the molecule is CN(C)c1ccc(-c2ccc(S(=O)(=O)NCCC(=O)O)s2)cc1. The maximum absolute atomic E-state index is 12.1. The van der Waals surface area contributed by atoms with Gasteiger partial charge in [-0.1, -0.05) is 12.1 Å². The average molecular weight is 354 g/mol. The fourth-order valence-corrected chi connectivity index (χ4v) is 4.30. The Bertz CT molecular complexity index is 780. The van der Waals surface area contributed by atoms with Crippen molar-refractivity contribution in [2.45, 2.75) is 10.6 Å². The minimum absolute atomic E-state index is 0.123. The van der Waals surface area contributed by atoms with E-state index in [-0.39, 0.29) is 17.2 Å². The van der Waals surface area contributed by atoms with Gasteiger partial charge in [-0.15, -0.1) is 11.3 Å². The van der Waals surface area contributed by atoms with Crippen molar-refractivity contribution in [3.05, 3.63) is 36.4 Å². The van der Waals surface area contributed by atoms with Gasteiger partial charge >= 0.3 is 5.97 Å². The Morgan fingerprint density at radius 3 is 2.39 bits per heavy atom. The van der Waals surface area contributed by atoms with E-state index >= 15 is 0 Å². The van der Waals surface area contributed by atoms with Crippen LogP contribution in [0.25, 0.3) is 10.4 Å². The van der Waals surface area contributed by atoms with Gasteiger partial charge in [0.05, 0.1) is 6.42 Å². The molecule has 2 aromatic rings. The first kappa shape index (κ1) is 17.5. The van der Waals surface area contributed by atoms with Gasteiger partial charge in [-0.25, -0.2) is 13.1 Å². The zero-order valence-electron chi connectivity index (χ0n) is 12.8. The molecule has 0 fully saturated rings. The first-order chi connectivity index (χ1) is 10.8. The second-order valence-electron chi connectivity index (χ2n) is 5.10. The van der Waals surface area contributed by atoms with Crippen LogP contribution < -0.4 is 9.62 Å². The topological polar surface area (TPSA) is 86.7 Å². The monoisotopic (exact) mass is 354 g/mol. The van der Waals surface area contributed by atoms with Crippen molar-refractivity contribution in [3.8, 4) is 10.4 Å². The lowest BCUT2D eigenvalue weighted by Gasteiger charge is -2.12. The van der Waals surface area contributed by atoms with Crippen molar-refractivity contribution in [2.75, 3.05) is 25.5 Å². The smallest absolute Gasteiger partial charge is 0.304 e. The molecule has 8 heteroatoms. The molecule has 124 valence electrons. The molecule has 2 N–H and O–H groups in total. The Labute approximate surface area is 139 Å². The second-order valence-corrected chi connectivity index (χ2v) is 8.18. The van der Waals surface area contributed by atoms with Crippen molar-refractivity contribution in [2.24, 2.45) is 0 Å². The van der Waals surface area contributed by atoms with Crippen molar-refractivity contribution >= 4 is 33.0 Å². The zero-order valence-corrected chi connectivity index (χ0v) is 14.4. The van der Waals surface area contributed by atoms with Crippen LogP contribution in [0.1, 0.15) is 6.42 Å². The molecule has 0 spiro atoms. The number of nitrogens with zero attached hydrogens (tertiary/aromatic N) is 1. The van der Waals surface area contributed by atoms with Gasteiger partial charge < -0.3 is 10.0 Å². The number of rotatable bonds is 7. The number of hydrogen-bond acceptors (Lipinski definition) is 5. The van der Waals surface area contributed by atoms with Crippen LogP contribution in [0.3, 0.4) is 0 Å². The molecule has 2 rings (SSSR count). The van der Waals surface area contributed by atoms with Gasteiger partial charge in [-0.05, 0) is 29.8 Å². The molecule has 0 aliphatic carbocycles. The van der Waals surface area contributed by atoms with Gasteiger partial charge in [0.1, 0.15) is 4.21 Å². The molecule has 0 unspecified atom stereocenters. The molecule has 0 amide bonds. The van der Waals surface area contributed by atoms with Crippen molar-refractivity contribution < 1.29 is 18.3 Å². The summed E-state index contributed by atoms with van der Waals surface area (Å²) in [7, 11) is 0.236. The molecule has 1 aromatic carbocycles. The Hall–Kier alpha value is -1.90. The van der Waals surface area contributed by atoms with Crippen LogP contribution in [-0.4, -0.2) is 40.1 Å². The third-order valence-corrected chi connectivity index (χ3v) is 6.23. The largest absolute Gasteiger partial charge is 0.481 e. The van der Waals surface area contributed by atoms with Gasteiger partial charge in [-0.3, -0.25) is 4.79 Å². The molecular weight excluding hydrogens is 336 g/mol. The molecule has 0 saturated heterocycles. The fourth-order valence-electron chi connectivity index (χ4n) is 1.91. The Morgan fingerprint density at radius 2 is 1.83 bits per heavy atom. The predicted octanol–water partition coefficient (Wildman–Crippen LogP) is 2.23. The van der Waals surface area contributed by atoms with E-state index in [1.54, 1.807) is 6.07 Å². The van der Waals surface area contributed by atoms with Crippen LogP contribution >= 0.6 is 11.3 Å². The van der Waals surface area contributed by atoms with E-state index in [1.165, 1.54) is 6.07 Å². The van der Waals surface area contributed by atoms with E-state index in [1.807, 2.05) is 43.3 Å². The van der Waals surface area contributed by atoms with Crippen molar-refractivity contribution in [3.63, 3.8) is 0 Å². The first-order valence-electron chi connectivity index (χ1n) is 6.88. The van der Waals surface area contributed by atoms with E-state index in [2.05, 4.69) is 4.72 Å². The molecule has 1 aromatic heterocycles. The minimum Gasteiger partial charge on any atom is -0.481 e. The van der Waals surface area contributed by atoms with Crippen LogP contribution in [-0.2, 0) is 14.8 Å². The summed E-state index contributed by atoms with van der Waals surface area (Å²) in [5.41, 5.74) is 2.00. The van der Waals surface area contributed by atoms with Crippen LogP contribution in [0.4, 0.5) is 5.69 Å². The third kappa shape index (κ3) is 4.54. The molecule has 0 saturated carbocycles. The van der Waals surface area contributed by atoms with Crippen LogP contribution in [0, 0.1) is 0 Å². The van der Waals surface area contributed by atoms with Crippen LogP contribution in [0.5, 0.6) is 0 Å². The summed E-state index contributed by atoms with van der Waals surface area (Å²) in [6.45, 7) is -0.123. The summed E-state index contributed by atoms with van der Waals surface area (Å²) >= 11 is 1.15. The number of carbonyl (C=O) groups is 1. The van der Waals surface area contributed by atoms with E-state index in [0.717, 1.165) is 27.5 Å². The lowest BCUT2D eigenvalue weighted by Crippen LogP contribution is -2.25. The number of benzene rings is 1. The molecule has 0 atom stereocenters. The predicted molar refractivity (Wildman–Crippen MR) is 91.5 cm³/mol. The highest BCUT2D eigenvalue weighted by atomic mass is 32.2. The summed E-state index contributed by atoms with van der Waals surface area (Å²) in [5.74, 6) is -1.04. The lowest BCUT2D eigenvalue weighted by atomic mass is 10.2. The fraction of sp³-hybridized carbons (Fsp3) is 0.267. The number of nitrogens with one attached hydrogen (secondary N) is 1. The van der Waals surface area contributed by atoms with Crippen LogP contribution in [0.15, 0.2) is 40.6 Å². The zero-order chi connectivity index (χ0) is 17.0. The molecular formula is C15H18N2O4S2. The van der Waals surface area contributed by atoms with E-state index in [0.29, 0.717) is 0 Å². The Kier molecular flexibility index (Phi) is 5.40. The highest BCUT2D eigenvalue weighted by Gasteiger charge is 2.17. The van der Waals surface area contributed by atoms with E-state index in [4.69, 9.17) is 5.11 Å². The van der Waals surface area contributed by atoms with Crippen molar-refractivity contribution in [1.29, 1.82) is 0 Å². The number of aliphatic carboxylic acids is 1. The molecule has 23 heavy (non-hydrogen) atoms.